The maximum atomic E-state index is 2.44. The standard InChI is InChI=1S/C12H12.2C2H6/c1-8-11-5-3-2-4-9(11)6-10-7-12(8)10;2*1-2/h2-6,10,12H,7H2,1H3;2*1-2H3. The molecule has 0 aromatic heterocycles. The summed E-state index contributed by atoms with van der Waals surface area (Å²) in [6.45, 7) is 10.3. The van der Waals surface area contributed by atoms with Gasteiger partial charge in [-0.2, -0.15) is 0 Å². The van der Waals surface area contributed by atoms with E-state index < -0.39 is 0 Å². The molecule has 2 unspecified atom stereocenters. The molecule has 1 fully saturated rings. The highest BCUT2D eigenvalue weighted by Crippen LogP contribution is 2.46. The van der Waals surface area contributed by atoms with Gasteiger partial charge in [0.1, 0.15) is 0 Å². The van der Waals surface area contributed by atoms with Crippen LogP contribution in [0.1, 0.15) is 41.0 Å². The van der Waals surface area contributed by atoms with Crippen molar-refractivity contribution < 1.29 is 0 Å². The van der Waals surface area contributed by atoms with E-state index in [1.165, 1.54) is 16.9 Å². The summed E-state index contributed by atoms with van der Waals surface area (Å²) in [5, 5.41) is 2.94. The second-order valence-electron chi connectivity index (χ2n) is 3.94. The van der Waals surface area contributed by atoms with Gasteiger partial charge in [0.2, 0.25) is 0 Å². The van der Waals surface area contributed by atoms with Gasteiger partial charge >= 0.3 is 0 Å². The largest absolute Gasteiger partial charge is 0.0729 e. The van der Waals surface area contributed by atoms with Crippen LogP contribution in [0, 0.1) is 11.8 Å². The minimum atomic E-state index is 0.875. The van der Waals surface area contributed by atoms with Crippen molar-refractivity contribution in [3.8, 4) is 0 Å². The van der Waals surface area contributed by atoms with Gasteiger partial charge in [-0.1, -0.05) is 63.6 Å². The van der Waals surface area contributed by atoms with Crippen LogP contribution in [-0.4, -0.2) is 0 Å². The van der Waals surface area contributed by atoms with Crippen LogP contribution in [0.2, 0.25) is 0 Å². The Morgan fingerprint density at radius 3 is 2.31 bits per heavy atom. The minimum absolute atomic E-state index is 0.875. The molecule has 0 heteroatoms. The molecule has 16 heavy (non-hydrogen) atoms. The second kappa shape index (κ2) is 5.89. The summed E-state index contributed by atoms with van der Waals surface area (Å²) in [4.78, 5) is 0. The van der Waals surface area contributed by atoms with Gasteiger partial charge in [0.05, 0.1) is 0 Å². The van der Waals surface area contributed by atoms with Crippen molar-refractivity contribution in [2.45, 2.75) is 41.0 Å². The van der Waals surface area contributed by atoms with Gasteiger partial charge < -0.3 is 0 Å². The maximum absolute atomic E-state index is 2.44. The fraction of sp³-hybridized carbons (Fsp3) is 0.500. The van der Waals surface area contributed by atoms with Crippen molar-refractivity contribution in [1.29, 1.82) is 0 Å². The molecule has 1 saturated carbocycles. The Kier molecular flexibility index (Phi) is 4.79. The highest BCUT2D eigenvalue weighted by Gasteiger charge is 2.37. The first kappa shape index (κ1) is 13.0. The topological polar surface area (TPSA) is 0 Å². The molecule has 0 aliphatic heterocycles. The van der Waals surface area contributed by atoms with E-state index in [1.807, 2.05) is 27.7 Å². The third-order valence-corrected chi connectivity index (χ3v) is 3.18. The van der Waals surface area contributed by atoms with Crippen molar-refractivity contribution in [2.75, 3.05) is 0 Å². The lowest BCUT2D eigenvalue weighted by molar-refractivity contribution is 1.01. The van der Waals surface area contributed by atoms with E-state index in [0.717, 1.165) is 11.8 Å². The van der Waals surface area contributed by atoms with E-state index in [2.05, 4.69) is 37.3 Å². The zero-order chi connectivity index (χ0) is 12.1. The molecule has 0 spiro atoms. The Labute approximate surface area is 99.7 Å². The van der Waals surface area contributed by atoms with E-state index in [4.69, 9.17) is 0 Å². The lowest BCUT2D eigenvalue weighted by Crippen LogP contribution is -2.29. The summed E-state index contributed by atoms with van der Waals surface area (Å²) < 4.78 is 0. The van der Waals surface area contributed by atoms with Crippen molar-refractivity contribution in [2.24, 2.45) is 11.8 Å². The van der Waals surface area contributed by atoms with Crippen LogP contribution >= 0.6 is 0 Å². The average Bonchev–Trinajstić information content (AvgIpc) is 3.14. The van der Waals surface area contributed by atoms with Gasteiger partial charge in [-0.15, -0.1) is 0 Å². The molecule has 3 rings (SSSR count). The van der Waals surface area contributed by atoms with Crippen LogP contribution in [0.3, 0.4) is 0 Å². The molecular formula is C16H24. The molecule has 88 valence electrons. The summed E-state index contributed by atoms with van der Waals surface area (Å²) >= 11 is 0. The van der Waals surface area contributed by atoms with Gasteiger partial charge in [-0.25, -0.2) is 0 Å². The van der Waals surface area contributed by atoms with Gasteiger partial charge in [0, 0.05) is 0 Å². The molecule has 0 amide bonds. The smallest absolute Gasteiger partial charge is 0.0127 e. The van der Waals surface area contributed by atoms with Crippen LogP contribution in [0.4, 0.5) is 0 Å². The third-order valence-electron chi connectivity index (χ3n) is 3.18. The number of benzene rings is 1. The van der Waals surface area contributed by atoms with E-state index in [9.17, 15) is 0 Å². The average molecular weight is 216 g/mol. The Hall–Kier alpha value is -1.04. The number of fused-ring (bicyclic) bond motifs is 2. The number of hydrogen-bond acceptors (Lipinski definition) is 0. The molecule has 0 radical (unpaired) electrons. The predicted molar refractivity (Wildman–Crippen MR) is 73.5 cm³/mol. The Bertz CT molecular complexity index is 439. The maximum Gasteiger partial charge on any atom is -0.0127 e. The molecule has 2 atom stereocenters. The molecule has 0 saturated heterocycles. The van der Waals surface area contributed by atoms with E-state index in [-0.39, 0.29) is 0 Å². The highest BCUT2D eigenvalue weighted by atomic mass is 14.4. The summed E-state index contributed by atoms with van der Waals surface area (Å²) in [6.07, 6.45) is 3.83. The fourth-order valence-corrected chi connectivity index (χ4v) is 2.33. The summed E-state index contributed by atoms with van der Waals surface area (Å²) in [6, 6.07) is 8.74. The zero-order valence-electron chi connectivity index (χ0n) is 11.2. The van der Waals surface area contributed by atoms with E-state index in [1.54, 1.807) is 5.57 Å². The number of rotatable bonds is 0. The van der Waals surface area contributed by atoms with Crippen molar-refractivity contribution >= 4 is 11.6 Å². The Balaban J connectivity index is 0.000000291. The van der Waals surface area contributed by atoms with Gasteiger partial charge in [0.15, 0.2) is 0 Å². The monoisotopic (exact) mass is 216 g/mol. The zero-order valence-corrected chi connectivity index (χ0v) is 11.2. The second-order valence-corrected chi connectivity index (χ2v) is 3.94. The van der Waals surface area contributed by atoms with Crippen molar-refractivity contribution in [3.63, 3.8) is 0 Å². The summed E-state index contributed by atoms with van der Waals surface area (Å²) in [5.74, 6) is 1.76. The fourth-order valence-electron chi connectivity index (χ4n) is 2.33. The van der Waals surface area contributed by atoms with Gasteiger partial charge in [0.25, 0.3) is 0 Å². The van der Waals surface area contributed by atoms with Gasteiger partial charge in [-0.05, 0) is 35.6 Å². The molecule has 0 bridgehead atoms. The molecule has 2 aliphatic carbocycles. The lowest BCUT2D eigenvalue weighted by atomic mass is 10.0. The normalized spacial score (nSPS) is 23.4. The molecule has 2 aliphatic rings. The molecular weight excluding hydrogens is 192 g/mol. The predicted octanol–water partition coefficient (Wildman–Crippen LogP) is 3.34. The van der Waals surface area contributed by atoms with Crippen LogP contribution in [-0.2, 0) is 0 Å². The van der Waals surface area contributed by atoms with Gasteiger partial charge in [-0.3, -0.25) is 0 Å². The lowest BCUT2D eigenvalue weighted by Gasteiger charge is -2.04. The SMILES string of the molecule is CC.CC.CC1=c2ccccc2=CC2CC12. The quantitative estimate of drug-likeness (QED) is 0.624. The van der Waals surface area contributed by atoms with Crippen LogP contribution in [0.15, 0.2) is 24.3 Å². The molecule has 0 heterocycles. The first-order valence-corrected chi connectivity index (χ1v) is 6.64. The first-order valence-electron chi connectivity index (χ1n) is 6.64. The summed E-state index contributed by atoms with van der Waals surface area (Å²) in [7, 11) is 0. The molecule has 0 nitrogen and oxygen atoms in total. The van der Waals surface area contributed by atoms with Crippen molar-refractivity contribution in [3.05, 3.63) is 34.7 Å². The third kappa shape index (κ3) is 2.37. The molecule has 0 N–H and O–H groups in total. The summed E-state index contributed by atoms with van der Waals surface area (Å²) in [5.41, 5.74) is 1.61. The molecule has 1 aromatic rings. The Morgan fingerprint density at radius 1 is 1.00 bits per heavy atom. The van der Waals surface area contributed by atoms with E-state index >= 15 is 0 Å². The minimum Gasteiger partial charge on any atom is -0.0729 e. The van der Waals surface area contributed by atoms with Crippen LogP contribution < -0.4 is 10.4 Å². The van der Waals surface area contributed by atoms with E-state index in [0.29, 0.717) is 0 Å². The first-order chi connectivity index (χ1) is 7.86. The Morgan fingerprint density at radius 2 is 1.62 bits per heavy atom. The molecule has 1 aromatic carbocycles. The van der Waals surface area contributed by atoms with Crippen LogP contribution in [0.5, 0.6) is 0 Å². The highest BCUT2D eigenvalue weighted by molar-refractivity contribution is 5.58. The van der Waals surface area contributed by atoms with Crippen molar-refractivity contribution in [1.82, 2.24) is 0 Å². The number of hydrogen-bond donors (Lipinski definition) is 0. The van der Waals surface area contributed by atoms with Crippen LogP contribution in [0.25, 0.3) is 11.6 Å².